The molecule has 0 bridgehead atoms. The highest BCUT2D eigenvalue weighted by Crippen LogP contribution is 2.22. The summed E-state index contributed by atoms with van der Waals surface area (Å²) in [5, 5.41) is 2.78. The van der Waals surface area contributed by atoms with Crippen LogP contribution in [0.3, 0.4) is 0 Å². The number of nitrogens with one attached hydrogen (secondary N) is 1. The number of carbonyl (C=O) groups is 3. The summed E-state index contributed by atoms with van der Waals surface area (Å²) in [5.41, 5.74) is 0. The first-order chi connectivity index (χ1) is 11.4. The van der Waals surface area contributed by atoms with Crippen molar-refractivity contribution in [3.05, 3.63) is 24.2 Å². The molecule has 3 amide bonds. The van der Waals surface area contributed by atoms with Gasteiger partial charge in [-0.3, -0.25) is 14.4 Å². The Morgan fingerprint density at radius 2 is 2.21 bits per heavy atom. The van der Waals surface area contributed by atoms with Crippen LogP contribution in [0.1, 0.15) is 33.0 Å². The number of amides is 3. The zero-order valence-electron chi connectivity index (χ0n) is 14.4. The van der Waals surface area contributed by atoms with Gasteiger partial charge in [-0.25, -0.2) is 0 Å². The Morgan fingerprint density at radius 3 is 2.79 bits per heavy atom. The van der Waals surface area contributed by atoms with Gasteiger partial charge in [0.1, 0.15) is 5.76 Å². The van der Waals surface area contributed by atoms with Crippen molar-refractivity contribution in [1.29, 1.82) is 0 Å². The topological polar surface area (TPSA) is 82.9 Å². The predicted octanol–water partition coefficient (Wildman–Crippen LogP) is 1.00. The van der Waals surface area contributed by atoms with Crippen LogP contribution in [0.2, 0.25) is 0 Å². The molecule has 24 heavy (non-hydrogen) atoms. The third-order valence-corrected chi connectivity index (χ3v) is 3.97. The number of likely N-dealkylation sites (tertiary alicyclic amines) is 1. The van der Waals surface area contributed by atoms with Crippen LogP contribution in [-0.4, -0.2) is 53.2 Å². The second-order valence-corrected chi connectivity index (χ2v) is 6.33. The summed E-state index contributed by atoms with van der Waals surface area (Å²) >= 11 is 0. The van der Waals surface area contributed by atoms with E-state index < -0.39 is 5.92 Å². The van der Waals surface area contributed by atoms with E-state index in [4.69, 9.17) is 4.42 Å². The second-order valence-electron chi connectivity index (χ2n) is 6.33. The Hall–Kier alpha value is -2.31. The van der Waals surface area contributed by atoms with Crippen molar-refractivity contribution in [3.8, 4) is 0 Å². The van der Waals surface area contributed by atoms with Gasteiger partial charge in [0, 0.05) is 25.6 Å². The molecule has 0 radical (unpaired) electrons. The van der Waals surface area contributed by atoms with Crippen molar-refractivity contribution < 1.29 is 18.8 Å². The van der Waals surface area contributed by atoms with Crippen LogP contribution >= 0.6 is 0 Å². The number of furan rings is 1. The fraction of sp³-hybridized carbons (Fsp3) is 0.588. The number of hydrogen-bond acceptors (Lipinski definition) is 4. The Labute approximate surface area is 142 Å². The number of carbonyl (C=O) groups excluding carboxylic acids is 3. The quantitative estimate of drug-likeness (QED) is 0.806. The van der Waals surface area contributed by atoms with Crippen molar-refractivity contribution in [2.24, 2.45) is 5.92 Å². The normalized spacial score (nSPS) is 17.4. The van der Waals surface area contributed by atoms with Gasteiger partial charge in [0.15, 0.2) is 0 Å². The molecule has 0 aliphatic carbocycles. The van der Waals surface area contributed by atoms with Crippen LogP contribution in [0.15, 0.2) is 22.8 Å². The molecular formula is C17H25N3O4. The van der Waals surface area contributed by atoms with E-state index >= 15 is 0 Å². The third-order valence-electron chi connectivity index (χ3n) is 3.97. The zero-order chi connectivity index (χ0) is 17.7. The maximum Gasteiger partial charge on any atom is 0.239 e. The number of rotatable bonds is 7. The van der Waals surface area contributed by atoms with Gasteiger partial charge >= 0.3 is 0 Å². The van der Waals surface area contributed by atoms with Gasteiger partial charge in [-0.15, -0.1) is 0 Å². The lowest BCUT2D eigenvalue weighted by molar-refractivity contribution is -0.139. The van der Waals surface area contributed by atoms with E-state index in [1.807, 2.05) is 20.8 Å². The van der Waals surface area contributed by atoms with Gasteiger partial charge < -0.3 is 19.5 Å². The summed E-state index contributed by atoms with van der Waals surface area (Å²) in [5.74, 6) is -0.101. The SMILES string of the molecule is CCN(CC(=O)NC(C)C)C(=O)C1CC(=O)N(Cc2ccco2)C1. The standard InChI is InChI=1S/C17H25N3O4/c1-4-19(11-15(21)18-12(2)3)17(23)13-8-16(22)20(9-13)10-14-6-5-7-24-14/h5-7,12-13H,4,8-11H2,1-3H3,(H,18,21). The molecule has 1 N–H and O–H groups in total. The highest BCUT2D eigenvalue weighted by molar-refractivity contribution is 5.91. The molecular weight excluding hydrogens is 310 g/mol. The lowest BCUT2D eigenvalue weighted by atomic mass is 10.1. The van der Waals surface area contributed by atoms with Crippen LogP contribution in [0, 0.1) is 5.92 Å². The van der Waals surface area contributed by atoms with E-state index in [2.05, 4.69) is 5.32 Å². The zero-order valence-corrected chi connectivity index (χ0v) is 14.4. The molecule has 2 rings (SSSR count). The van der Waals surface area contributed by atoms with Gasteiger partial charge in [0.05, 0.1) is 25.3 Å². The van der Waals surface area contributed by atoms with E-state index in [9.17, 15) is 14.4 Å². The summed E-state index contributed by atoms with van der Waals surface area (Å²) in [7, 11) is 0. The first kappa shape index (κ1) is 18.0. The Kier molecular flexibility index (Phi) is 6.00. The van der Waals surface area contributed by atoms with Crippen LogP contribution in [0.5, 0.6) is 0 Å². The first-order valence-electron chi connectivity index (χ1n) is 8.29. The fourth-order valence-electron chi connectivity index (χ4n) is 2.83. The minimum Gasteiger partial charge on any atom is -0.467 e. The van der Waals surface area contributed by atoms with Crippen LogP contribution < -0.4 is 5.32 Å². The Balaban J connectivity index is 1.93. The molecule has 1 atom stereocenters. The van der Waals surface area contributed by atoms with E-state index in [1.54, 1.807) is 23.3 Å². The summed E-state index contributed by atoms with van der Waals surface area (Å²) in [4.78, 5) is 39.8. The van der Waals surface area contributed by atoms with E-state index in [0.717, 1.165) is 0 Å². The van der Waals surface area contributed by atoms with E-state index in [1.165, 1.54) is 4.90 Å². The predicted molar refractivity (Wildman–Crippen MR) is 87.8 cm³/mol. The lowest BCUT2D eigenvalue weighted by Gasteiger charge is -2.24. The van der Waals surface area contributed by atoms with Crippen molar-refractivity contribution in [1.82, 2.24) is 15.1 Å². The van der Waals surface area contributed by atoms with Crippen molar-refractivity contribution in [2.75, 3.05) is 19.6 Å². The highest BCUT2D eigenvalue weighted by Gasteiger charge is 2.36. The third kappa shape index (κ3) is 4.59. The molecule has 2 heterocycles. The number of nitrogens with zero attached hydrogens (tertiary/aromatic N) is 2. The van der Waals surface area contributed by atoms with Gasteiger partial charge in [0.2, 0.25) is 17.7 Å². The first-order valence-corrected chi connectivity index (χ1v) is 8.29. The van der Waals surface area contributed by atoms with Gasteiger partial charge in [0.25, 0.3) is 0 Å². The molecule has 1 saturated heterocycles. The monoisotopic (exact) mass is 335 g/mol. The van der Waals surface area contributed by atoms with Crippen LogP contribution in [0.4, 0.5) is 0 Å². The summed E-state index contributed by atoms with van der Waals surface area (Å²) in [6, 6.07) is 3.60. The second kappa shape index (κ2) is 7.99. The summed E-state index contributed by atoms with van der Waals surface area (Å²) in [6.45, 7) is 6.77. The summed E-state index contributed by atoms with van der Waals surface area (Å²) in [6.07, 6.45) is 1.74. The molecule has 1 unspecified atom stereocenters. The average molecular weight is 335 g/mol. The fourth-order valence-corrected chi connectivity index (χ4v) is 2.83. The smallest absolute Gasteiger partial charge is 0.239 e. The minimum absolute atomic E-state index is 0.0242. The maximum atomic E-state index is 12.6. The molecule has 0 aromatic carbocycles. The molecule has 1 fully saturated rings. The molecule has 0 saturated carbocycles. The largest absolute Gasteiger partial charge is 0.467 e. The van der Waals surface area contributed by atoms with E-state index in [-0.39, 0.29) is 36.7 Å². The molecule has 1 aliphatic rings. The molecule has 132 valence electrons. The van der Waals surface area contributed by atoms with Gasteiger partial charge in [-0.05, 0) is 32.9 Å². The van der Waals surface area contributed by atoms with Crippen molar-refractivity contribution in [2.45, 2.75) is 39.8 Å². The molecule has 7 heteroatoms. The number of likely N-dealkylation sites (N-methyl/N-ethyl adjacent to an activating group) is 1. The van der Waals surface area contributed by atoms with Gasteiger partial charge in [-0.2, -0.15) is 0 Å². The van der Waals surface area contributed by atoms with E-state index in [0.29, 0.717) is 25.4 Å². The highest BCUT2D eigenvalue weighted by atomic mass is 16.3. The van der Waals surface area contributed by atoms with Crippen LogP contribution in [0.25, 0.3) is 0 Å². The Morgan fingerprint density at radius 1 is 1.46 bits per heavy atom. The lowest BCUT2D eigenvalue weighted by Crippen LogP contribution is -2.45. The minimum atomic E-state index is -0.403. The maximum absolute atomic E-state index is 12.6. The molecule has 1 aliphatic heterocycles. The molecule has 0 spiro atoms. The molecule has 1 aromatic heterocycles. The van der Waals surface area contributed by atoms with Crippen molar-refractivity contribution >= 4 is 17.7 Å². The van der Waals surface area contributed by atoms with Crippen molar-refractivity contribution in [3.63, 3.8) is 0 Å². The Bertz CT molecular complexity index is 583. The number of hydrogen-bond donors (Lipinski definition) is 1. The average Bonchev–Trinajstić information content (AvgIpc) is 3.14. The molecule has 1 aromatic rings. The molecule has 7 nitrogen and oxygen atoms in total. The summed E-state index contributed by atoms with van der Waals surface area (Å²) < 4.78 is 5.26. The van der Waals surface area contributed by atoms with Crippen LogP contribution in [-0.2, 0) is 20.9 Å². The van der Waals surface area contributed by atoms with Gasteiger partial charge in [-0.1, -0.05) is 0 Å².